The first-order chi connectivity index (χ1) is 8.29. The van der Waals surface area contributed by atoms with Crippen molar-refractivity contribution < 1.29 is 9.53 Å². The maximum atomic E-state index is 11.7. The van der Waals surface area contributed by atoms with Crippen LogP contribution in [0.3, 0.4) is 0 Å². The van der Waals surface area contributed by atoms with Crippen molar-refractivity contribution in [1.82, 2.24) is 10.3 Å². The lowest BCUT2D eigenvalue weighted by Crippen LogP contribution is -2.36. The molecule has 0 aromatic carbocycles. The molecule has 1 saturated heterocycles. The normalized spacial score (nSPS) is 20.5. The number of carbonyl (C=O) groups excluding carboxylic acids is 1. The molecule has 1 aliphatic heterocycles. The monoisotopic (exact) mass is 235 g/mol. The molecule has 1 fully saturated rings. The van der Waals surface area contributed by atoms with Crippen molar-refractivity contribution in [2.75, 3.05) is 6.54 Å². The molecule has 1 unspecified atom stereocenters. The Morgan fingerprint density at radius 2 is 2.35 bits per heavy atom. The van der Waals surface area contributed by atoms with E-state index in [2.05, 4.69) is 10.3 Å². The van der Waals surface area contributed by atoms with Crippen LogP contribution >= 0.6 is 0 Å². The molecule has 1 aliphatic rings. The zero-order chi connectivity index (χ0) is 12.1. The molecule has 5 nitrogen and oxygen atoms in total. The second-order valence-corrected chi connectivity index (χ2v) is 4.08. The number of carbonyl (C=O) groups is 1. The van der Waals surface area contributed by atoms with Gasteiger partial charge in [0.2, 0.25) is 0 Å². The average Bonchev–Trinajstić information content (AvgIpc) is 2.56. The molecule has 0 radical (unpaired) electrons. The lowest BCUT2D eigenvalue weighted by molar-refractivity contribution is -0.127. The van der Waals surface area contributed by atoms with Crippen molar-refractivity contribution in [2.24, 2.45) is 5.73 Å². The molecule has 1 amide bonds. The number of amides is 1. The van der Waals surface area contributed by atoms with E-state index in [4.69, 9.17) is 10.5 Å². The van der Waals surface area contributed by atoms with E-state index < -0.39 is 6.10 Å². The molecule has 1 atom stereocenters. The van der Waals surface area contributed by atoms with Crippen LogP contribution in [0.4, 0.5) is 0 Å². The second kappa shape index (κ2) is 5.63. The van der Waals surface area contributed by atoms with Gasteiger partial charge in [-0.25, -0.2) is 0 Å². The van der Waals surface area contributed by atoms with E-state index in [1.54, 1.807) is 12.3 Å². The zero-order valence-corrected chi connectivity index (χ0v) is 9.69. The molecule has 0 bridgehead atoms. The highest BCUT2D eigenvalue weighted by molar-refractivity contribution is 5.81. The Morgan fingerprint density at radius 1 is 1.47 bits per heavy atom. The first kappa shape index (κ1) is 11.9. The fourth-order valence-corrected chi connectivity index (χ4v) is 1.79. The summed E-state index contributed by atoms with van der Waals surface area (Å²) in [5.74, 6) is 0.578. The second-order valence-electron chi connectivity index (χ2n) is 4.08. The fourth-order valence-electron chi connectivity index (χ4n) is 1.79. The molecule has 3 N–H and O–H groups in total. The largest absolute Gasteiger partial charge is 0.479 e. The third-order valence-electron chi connectivity index (χ3n) is 2.77. The van der Waals surface area contributed by atoms with Gasteiger partial charge in [0.05, 0.1) is 11.9 Å². The van der Waals surface area contributed by atoms with Gasteiger partial charge in [-0.1, -0.05) is 0 Å². The molecule has 0 aliphatic carbocycles. The van der Waals surface area contributed by atoms with Crippen molar-refractivity contribution in [3.63, 3.8) is 0 Å². The standard InChI is InChI=1S/C12H17N3O2/c13-7-9-4-5-10(8-15-9)17-11-3-1-2-6-14-12(11)16/h4-5,8,11H,1-3,6-7,13H2,(H,14,16). The van der Waals surface area contributed by atoms with E-state index in [0.29, 0.717) is 12.3 Å². The Hall–Kier alpha value is -1.62. The smallest absolute Gasteiger partial charge is 0.261 e. The van der Waals surface area contributed by atoms with Crippen LogP contribution in [0.25, 0.3) is 0 Å². The molecule has 0 saturated carbocycles. The van der Waals surface area contributed by atoms with Crippen LogP contribution in [0.2, 0.25) is 0 Å². The summed E-state index contributed by atoms with van der Waals surface area (Å²) in [6, 6.07) is 3.61. The highest BCUT2D eigenvalue weighted by Crippen LogP contribution is 2.15. The van der Waals surface area contributed by atoms with Gasteiger partial charge in [0.25, 0.3) is 5.91 Å². The van der Waals surface area contributed by atoms with Crippen molar-refractivity contribution >= 4 is 5.91 Å². The molecule has 1 aromatic rings. The fraction of sp³-hybridized carbons (Fsp3) is 0.500. The van der Waals surface area contributed by atoms with E-state index in [1.807, 2.05) is 6.07 Å². The summed E-state index contributed by atoms with van der Waals surface area (Å²) in [5.41, 5.74) is 6.27. The van der Waals surface area contributed by atoms with Crippen LogP contribution in [0.5, 0.6) is 5.75 Å². The van der Waals surface area contributed by atoms with Gasteiger partial charge < -0.3 is 15.8 Å². The Labute approximate surface area is 100 Å². The summed E-state index contributed by atoms with van der Waals surface area (Å²) in [6.45, 7) is 1.15. The van der Waals surface area contributed by atoms with Crippen LogP contribution in [0.1, 0.15) is 25.0 Å². The van der Waals surface area contributed by atoms with Crippen LogP contribution < -0.4 is 15.8 Å². The predicted octanol–water partition coefficient (Wildman–Crippen LogP) is 0.588. The van der Waals surface area contributed by atoms with Crippen LogP contribution in [0, 0.1) is 0 Å². The summed E-state index contributed by atoms with van der Waals surface area (Å²) in [6.07, 6.45) is 3.97. The molecule has 5 heteroatoms. The minimum atomic E-state index is -0.400. The third-order valence-corrected chi connectivity index (χ3v) is 2.77. The highest BCUT2D eigenvalue weighted by Gasteiger charge is 2.22. The molecular weight excluding hydrogens is 218 g/mol. The molecule has 2 rings (SSSR count). The summed E-state index contributed by atoms with van der Waals surface area (Å²) in [4.78, 5) is 15.8. The number of nitrogens with one attached hydrogen (secondary N) is 1. The van der Waals surface area contributed by atoms with Gasteiger partial charge in [-0.05, 0) is 31.4 Å². The van der Waals surface area contributed by atoms with Crippen molar-refractivity contribution in [2.45, 2.75) is 31.9 Å². The summed E-state index contributed by atoms with van der Waals surface area (Å²) in [7, 11) is 0. The van der Waals surface area contributed by atoms with Crippen molar-refractivity contribution in [1.29, 1.82) is 0 Å². The minimum Gasteiger partial charge on any atom is -0.479 e. The first-order valence-corrected chi connectivity index (χ1v) is 5.89. The van der Waals surface area contributed by atoms with Gasteiger partial charge in [-0.2, -0.15) is 0 Å². The number of ether oxygens (including phenoxy) is 1. The van der Waals surface area contributed by atoms with E-state index in [-0.39, 0.29) is 5.91 Å². The minimum absolute atomic E-state index is 0.0367. The van der Waals surface area contributed by atoms with Crippen molar-refractivity contribution in [3.05, 3.63) is 24.0 Å². The van der Waals surface area contributed by atoms with Gasteiger partial charge in [0, 0.05) is 13.1 Å². The predicted molar refractivity (Wildman–Crippen MR) is 63.4 cm³/mol. The molecule has 0 spiro atoms. The van der Waals surface area contributed by atoms with E-state index >= 15 is 0 Å². The zero-order valence-electron chi connectivity index (χ0n) is 9.69. The van der Waals surface area contributed by atoms with E-state index in [0.717, 1.165) is 31.5 Å². The Bertz CT molecular complexity index is 378. The number of nitrogens with zero attached hydrogens (tertiary/aromatic N) is 1. The topological polar surface area (TPSA) is 77.2 Å². The lowest BCUT2D eigenvalue weighted by Gasteiger charge is -2.15. The van der Waals surface area contributed by atoms with Gasteiger partial charge in [-0.15, -0.1) is 0 Å². The SMILES string of the molecule is NCc1ccc(OC2CCCCNC2=O)cn1. The Morgan fingerprint density at radius 3 is 3.06 bits per heavy atom. The van der Waals surface area contributed by atoms with Crippen LogP contribution in [-0.2, 0) is 11.3 Å². The van der Waals surface area contributed by atoms with Crippen LogP contribution in [0.15, 0.2) is 18.3 Å². The summed E-state index contributed by atoms with van der Waals surface area (Å²) in [5, 5.41) is 2.83. The summed E-state index contributed by atoms with van der Waals surface area (Å²) < 4.78 is 5.63. The van der Waals surface area contributed by atoms with E-state index in [1.165, 1.54) is 0 Å². The van der Waals surface area contributed by atoms with Gasteiger partial charge in [-0.3, -0.25) is 9.78 Å². The van der Waals surface area contributed by atoms with Gasteiger partial charge >= 0.3 is 0 Å². The van der Waals surface area contributed by atoms with Gasteiger partial charge in [0.15, 0.2) is 6.10 Å². The number of aromatic nitrogens is 1. The number of pyridine rings is 1. The maximum Gasteiger partial charge on any atom is 0.261 e. The molecule has 2 heterocycles. The molecular formula is C12H17N3O2. The van der Waals surface area contributed by atoms with Gasteiger partial charge in [0.1, 0.15) is 5.75 Å². The highest BCUT2D eigenvalue weighted by atomic mass is 16.5. The van der Waals surface area contributed by atoms with E-state index in [9.17, 15) is 4.79 Å². The Balaban J connectivity index is 2.00. The lowest BCUT2D eigenvalue weighted by atomic mass is 10.2. The number of hydrogen-bond acceptors (Lipinski definition) is 4. The summed E-state index contributed by atoms with van der Waals surface area (Å²) >= 11 is 0. The maximum absolute atomic E-state index is 11.7. The number of rotatable bonds is 3. The third kappa shape index (κ3) is 3.17. The van der Waals surface area contributed by atoms with Crippen LogP contribution in [-0.4, -0.2) is 23.5 Å². The average molecular weight is 235 g/mol. The first-order valence-electron chi connectivity index (χ1n) is 5.89. The quantitative estimate of drug-likeness (QED) is 0.803. The molecule has 92 valence electrons. The number of hydrogen-bond donors (Lipinski definition) is 2. The Kier molecular flexibility index (Phi) is 3.93. The van der Waals surface area contributed by atoms with Crippen molar-refractivity contribution in [3.8, 4) is 5.75 Å². The number of nitrogens with two attached hydrogens (primary N) is 1. The molecule has 1 aromatic heterocycles. The molecule has 17 heavy (non-hydrogen) atoms.